The molecule has 1 N–H and O–H groups in total. The van der Waals surface area contributed by atoms with E-state index in [0.717, 1.165) is 12.0 Å². The summed E-state index contributed by atoms with van der Waals surface area (Å²) in [6, 6.07) is 9.08. The number of anilines is 1. The summed E-state index contributed by atoms with van der Waals surface area (Å²) in [5, 5.41) is 2.20. The van der Waals surface area contributed by atoms with Gasteiger partial charge in [-0.15, -0.1) is 6.42 Å². The summed E-state index contributed by atoms with van der Waals surface area (Å²) in [4.78, 5) is 38.5. The molecule has 1 heterocycles. The molecule has 0 unspecified atom stereocenters. The van der Waals surface area contributed by atoms with E-state index < -0.39 is 17.8 Å². The highest BCUT2D eigenvalue weighted by atomic mass is 127. The highest BCUT2D eigenvalue weighted by Gasteiger charge is 2.36. The van der Waals surface area contributed by atoms with E-state index in [4.69, 9.17) is 15.9 Å². The second-order valence-electron chi connectivity index (χ2n) is 5.96. The molecule has 1 fully saturated rings. The lowest BCUT2D eigenvalue weighted by Crippen LogP contribution is -2.54. The maximum atomic E-state index is 13.0. The number of nitrogens with one attached hydrogen (secondary N) is 1. The summed E-state index contributed by atoms with van der Waals surface area (Å²) in [6.45, 7) is 0.131. The van der Waals surface area contributed by atoms with Crippen molar-refractivity contribution in [3.05, 3.63) is 54.7 Å². The van der Waals surface area contributed by atoms with E-state index in [9.17, 15) is 14.4 Å². The van der Waals surface area contributed by atoms with Gasteiger partial charge in [-0.25, -0.2) is 9.69 Å². The van der Waals surface area contributed by atoms with Crippen LogP contribution in [0.25, 0.3) is 6.08 Å². The lowest BCUT2D eigenvalue weighted by Gasteiger charge is -2.26. The van der Waals surface area contributed by atoms with Crippen molar-refractivity contribution < 1.29 is 23.9 Å². The van der Waals surface area contributed by atoms with Crippen LogP contribution in [0.2, 0.25) is 0 Å². The van der Waals surface area contributed by atoms with Gasteiger partial charge >= 0.3 is 6.03 Å². The fraction of sp³-hybridized carbons (Fsp3) is 0.0952. The third-order valence-electron chi connectivity index (χ3n) is 4.06. The third-order valence-corrected chi connectivity index (χ3v) is 5.67. The van der Waals surface area contributed by atoms with Crippen molar-refractivity contribution in [2.24, 2.45) is 0 Å². The maximum absolute atomic E-state index is 13.0. The first-order valence-corrected chi connectivity index (χ1v) is 10.6. The number of amides is 4. The largest absolute Gasteiger partial charge is 0.497 e. The van der Waals surface area contributed by atoms with Crippen molar-refractivity contribution in [2.75, 3.05) is 18.6 Å². The van der Waals surface area contributed by atoms with Gasteiger partial charge in [-0.1, -0.05) is 5.92 Å². The number of methoxy groups -OCH3 is 1. The Kier molecular flexibility index (Phi) is 6.99. The van der Waals surface area contributed by atoms with Crippen LogP contribution in [-0.4, -0.2) is 31.6 Å². The zero-order valence-corrected chi connectivity index (χ0v) is 19.9. The minimum atomic E-state index is -0.811. The van der Waals surface area contributed by atoms with Crippen LogP contribution >= 0.6 is 45.2 Å². The van der Waals surface area contributed by atoms with Crippen LogP contribution in [-0.2, 0) is 9.59 Å². The number of hydrogen-bond acceptors (Lipinski definition) is 5. The van der Waals surface area contributed by atoms with Gasteiger partial charge in [0, 0.05) is 0 Å². The third kappa shape index (κ3) is 4.59. The van der Waals surface area contributed by atoms with E-state index in [1.54, 1.807) is 36.4 Å². The number of carbonyl (C=O) groups is 3. The molecule has 1 saturated heterocycles. The zero-order chi connectivity index (χ0) is 21.8. The lowest BCUT2D eigenvalue weighted by atomic mass is 10.1. The molecule has 152 valence electrons. The summed E-state index contributed by atoms with van der Waals surface area (Å²) >= 11 is 4.18. The number of nitrogens with zero attached hydrogens (tertiary/aromatic N) is 1. The van der Waals surface area contributed by atoms with Crippen molar-refractivity contribution in [2.45, 2.75) is 0 Å². The molecule has 2 aromatic carbocycles. The van der Waals surface area contributed by atoms with Gasteiger partial charge in [-0.2, -0.15) is 0 Å². The quantitative estimate of drug-likeness (QED) is 0.237. The number of imide groups is 2. The molecule has 2 aromatic rings. The Balaban J connectivity index is 1.97. The van der Waals surface area contributed by atoms with Crippen LogP contribution in [0.15, 0.2) is 42.0 Å². The van der Waals surface area contributed by atoms with E-state index in [2.05, 4.69) is 56.4 Å². The van der Waals surface area contributed by atoms with Gasteiger partial charge < -0.3 is 9.47 Å². The summed E-state index contributed by atoms with van der Waals surface area (Å²) in [6.07, 6.45) is 6.68. The first-order valence-electron chi connectivity index (χ1n) is 8.46. The number of hydrogen-bond donors (Lipinski definition) is 1. The van der Waals surface area contributed by atoms with E-state index in [1.165, 1.54) is 13.2 Å². The molecule has 0 radical (unpaired) electrons. The van der Waals surface area contributed by atoms with Crippen molar-refractivity contribution in [3.63, 3.8) is 0 Å². The second-order valence-corrected chi connectivity index (χ2v) is 8.29. The van der Waals surface area contributed by atoms with Crippen molar-refractivity contribution in [3.8, 4) is 23.8 Å². The van der Waals surface area contributed by atoms with Crippen LogP contribution < -0.4 is 19.7 Å². The molecule has 0 atom stereocenters. The highest BCUT2D eigenvalue weighted by molar-refractivity contribution is 14.1. The minimum Gasteiger partial charge on any atom is -0.497 e. The first kappa shape index (κ1) is 22.1. The van der Waals surface area contributed by atoms with Crippen LogP contribution in [0, 0.1) is 19.5 Å². The average Bonchev–Trinajstić information content (AvgIpc) is 2.71. The zero-order valence-electron chi connectivity index (χ0n) is 15.6. The van der Waals surface area contributed by atoms with E-state index in [1.807, 2.05) is 0 Å². The Hall–Kier alpha value is -2.59. The Morgan fingerprint density at radius 1 is 1.13 bits per heavy atom. The molecule has 7 nitrogen and oxygen atoms in total. The van der Waals surface area contributed by atoms with Crippen LogP contribution in [0.5, 0.6) is 11.5 Å². The molecular weight excluding hydrogens is 614 g/mol. The average molecular weight is 628 g/mol. The molecule has 0 aliphatic carbocycles. The maximum Gasteiger partial charge on any atom is 0.335 e. The molecule has 0 saturated carbocycles. The van der Waals surface area contributed by atoms with Gasteiger partial charge in [0.05, 0.1) is 19.9 Å². The smallest absolute Gasteiger partial charge is 0.335 e. The van der Waals surface area contributed by atoms with Gasteiger partial charge in [0.15, 0.2) is 0 Å². The number of urea groups is 1. The molecule has 0 spiro atoms. The minimum absolute atomic E-state index is 0.131. The molecule has 3 rings (SSSR count). The molecular formula is C21H14I2N2O5. The Morgan fingerprint density at radius 3 is 2.33 bits per heavy atom. The van der Waals surface area contributed by atoms with E-state index in [-0.39, 0.29) is 12.2 Å². The van der Waals surface area contributed by atoms with Crippen LogP contribution in [0.4, 0.5) is 10.5 Å². The van der Waals surface area contributed by atoms with Crippen molar-refractivity contribution in [1.29, 1.82) is 0 Å². The van der Waals surface area contributed by atoms with Gasteiger partial charge in [-0.05, 0) is 93.2 Å². The number of carbonyl (C=O) groups excluding carboxylic acids is 3. The van der Waals surface area contributed by atoms with Crippen LogP contribution in [0.1, 0.15) is 5.56 Å². The van der Waals surface area contributed by atoms with Gasteiger partial charge in [-0.3, -0.25) is 14.9 Å². The van der Waals surface area contributed by atoms with Gasteiger partial charge in [0.1, 0.15) is 23.7 Å². The molecule has 30 heavy (non-hydrogen) atoms. The summed E-state index contributed by atoms with van der Waals surface area (Å²) in [7, 11) is 1.51. The van der Waals surface area contributed by atoms with Gasteiger partial charge in [0.25, 0.3) is 11.8 Å². The SMILES string of the molecule is C#CCOc1c(I)cc(/C=C2\C(=O)NC(=O)N(c3ccc(OC)cc3)C2=O)cc1I. The van der Waals surface area contributed by atoms with E-state index >= 15 is 0 Å². The number of benzene rings is 2. The number of halogens is 2. The van der Waals surface area contributed by atoms with Gasteiger partial charge in [0.2, 0.25) is 0 Å². The Bertz CT molecular complexity index is 1080. The molecule has 4 amide bonds. The predicted octanol–water partition coefficient (Wildman–Crippen LogP) is 3.58. The van der Waals surface area contributed by atoms with Crippen molar-refractivity contribution in [1.82, 2.24) is 5.32 Å². The summed E-state index contributed by atoms with van der Waals surface area (Å²) < 4.78 is 12.2. The molecule has 0 bridgehead atoms. The normalized spacial score (nSPS) is 15.1. The highest BCUT2D eigenvalue weighted by Crippen LogP contribution is 2.30. The topological polar surface area (TPSA) is 84.9 Å². The number of ether oxygens (including phenoxy) is 2. The predicted molar refractivity (Wildman–Crippen MR) is 128 cm³/mol. The number of terminal acetylenes is 1. The first-order chi connectivity index (χ1) is 14.3. The standard InChI is InChI=1S/C21H14I2N2O5/c1-3-8-30-18-16(22)10-12(11-17(18)23)9-15-19(26)24-21(28)25(20(15)27)13-4-6-14(29-2)7-5-13/h1,4-7,9-11H,8H2,2H3,(H,24,26,28)/b15-9+. The molecule has 0 aromatic heterocycles. The van der Waals surface area contributed by atoms with Crippen molar-refractivity contribution >= 4 is 74.8 Å². The fourth-order valence-corrected chi connectivity index (χ4v) is 4.83. The summed E-state index contributed by atoms with van der Waals surface area (Å²) in [5.41, 5.74) is 0.771. The Morgan fingerprint density at radius 2 is 1.77 bits per heavy atom. The number of barbiturate groups is 1. The Labute approximate surface area is 200 Å². The summed E-state index contributed by atoms with van der Waals surface area (Å²) in [5.74, 6) is 2.14. The second kappa shape index (κ2) is 9.48. The van der Waals surface area contributed by atoms with E-state index in [0.29, 0.717) is 22.7 Å². The van der Waals surface area contributed by atoms with Crippen LogP contribution in [0.3, 0.4) is 0 Å². The monoisotopic (exact) mass is 628 g/mol. The molecule has 1 aliphatic rings. The number of rotatable bonds is 5. The molecule has 1 aliphatic heterocycles. The molecule has 9 heteroatoms. The fourth-order valence-electron chi connectivity index (χ4n) is 2.70. The lowest BCUT2D eigenvalue weighted by molar-refractivity contribution is -0.122.